The van der Waals surface area contributed by atoms with E-state index >= 15 is 0 Å². The van der Waals surface area contributed by atoms with Gasteiger partial charge in [0.05, 0.1) is 0 Å². The molecule has 0 amide bonds. The zero-order chi connectivity index (χ0) is 16.2. The van der Waals surface area contributed by atoms with E-state index in [4.69, 9.17) is 15.3 Å². The number of hydrogen-bond acceptors (Lipinski definition) is 3. The molecule has 20 heavy (non-hydrogen) atoms. The molecule has 4 heteroatoms. The third kappa shape index (κ3) is 5.61. The Morgan fingerprint density at radius 3 is 1.05 bits per heavy atom. The molecule has 0 fully saturated rings. The van der Waals surface area contributed by atoms with Gasteiger partial charge in [-0.15, -0.1) is 0 Å². The van der Waals surface area contributed by atoms with Crippen LogP contribution in [0.3, 0.4) is 0 Å². The molecule has 2 rings (SSSR count). The zero-order valence-corrected chi connectivity index (χ0v) is 15.4. The molecule has 0 aromatic rings. The second-order valence-electron chi connectivity index (χ2n) is 4.60. The van der Waals surface area contributed by atoms with Gasteiger partial charge in [-0.2, -0.15) is 21.3 Å². The molecule has 0 spiro atoms. The molecule has 0 N–H and O–H groups in total. The van der Waals surface area contributed by atoms with Gasteiger partial charge in [0.25, 0.3) is 0 Å². The number of rotatable bonds is 2. The molecule has 0 aliphatic heterocycles. The van der Waals surface area contributed by atoms with Crippen LogP contribution in [0.4, 0.5) is 0 Å². The molecule has 0 aromatic carbocycles. The van der Waals surface area contributed by atoms with Crippen LogP contribution in [-0.4, -0.2) is 21.3 Å². The van der Waals surface area contributed by atoms with Crippen LogP contribution in [0.5, 0.6) is 0 Å². The van der Waals surface area contributed by atoms with Crippen molar-refractivity contribution in [2.24, 2.45) is 10.8 Å². The third-order valence-corrected chi connectivity index (χ3v) is 6.35. The maximum Gasteiger partial charge on any atom is -0.153 e. The molecule has 2 aliphatic rings. The van der Waals surface area contributed by atoms with Crippen LogP contribution in [0.1, 0.15) is 13.8 Å². The van der Waals surface area contributed by atoms with Crippen LogP contribution in [0.15, 0.2) is 48.6 Å². The van der Waals surface area contributed by atoms with Gasteiger partial charge in [0.2, 0.25) is 0 Å². The molecule has 0 radical (unpaired) electrons. The van der Waals surface area contributed by atoms with Gasteiger partial charge in [-0.25, -0.2) is 0 Å². The van der Waals surface area contributed by atoms with E-state index in [9.17, 15) is 0 Å². The largest absolute Gasteiger partial charge is 0.857 e. The van der Waals surface area contributed by atoms with Gasteiger partial charge in [-0.05, 0) is 0 Å². The van der Waals surface area contributed by atoms with E-state index in [0.29, 0.717) is 3.63 Å². The number of hydrogen-bond donors (Lipinski definition) is 0. The van der Waals surface area contributed by atoms with Crippen molar-refractivity contribution in [3.05, 3.63) is 48.6 Å². The molecule has 2 aliphatic carbocycles. The first-order valence-electron chi connectivity index (χ1n) is 6.25. The predicted octanol–water partition coefficient (Wildman–Crippen LogP) is 0.516. The topological polar surface area (TPSA) is 69.2 Å². The maximum absolute atomic E-state index is 8.25. The molecular weight excluding hydrogens is 331 g/mol. The van der Waals surface area contributed by atoms with E-state index in [-0.39, 0.29) is 10.8 Å². The van der Waals surface area contributed by atoms with Crippen LogP contribution in [-0.2, 0) is 24.7 Å². The van der Waals surface area contributed by atoms with Crippen molar-refractivity contribution in [2.75, 3.05) is 21.3 Å². The Kier molecular flexibility index (Phi) is 12.5. The van der Waals surface area contributed by atoms with Crippen LogP contribution in [0.25, 0.3) is 0 Å². The standard InChI is InChI=1S/C13H15.3CH3O.Zr/c1-12(7-3-4-8-12)11-13(2)9-5-6-10-13;3*1-2;/h3-11H,1-2H3;3*1H3;/q;3*-1;+3. The van der Waals surface area contributed by atoms with E-state index in [1.165, 1.54) is 0 Å². The average molecular weight is 356 g/mol. The van der Waals surface area contributed by atoms with Gasteiger partial charge in [0.15, 0.2) is 0 Å². The molecule has 0 bridgehead atoms. The summed E-state index contributed by atoms with van der Waals surface area (Å²) in [6.07, 6.45) is 18.0. The van der Waals surface area contributed by atoms with E-state index in [1.54, 1.807) is 24.7 Å². The van der Waals surface area contributed by atoms with E-state index in [1.807, 2.05) is 0 Å². The van der Waals surface area contributed by atoms with Crippen LogP contribution in [0.2, 0.25) is 3.63 Å². The van der Waals surface area contributed by atoms with E-state index in [2.05, 4.69) is 62.5 Å². The molecule has 0 saturated heterocycles. The summed E-state index contributed by atoms with van der Waals surface area (Å²) >= 11 is 1.61. The molecule has 0 aromatic heterocycles. The maximum atomic E-state index is 8.25. The number of allylic oxidation sites excluding steroid dienone is 8. The molecule has 0 unspecified atom stereocenters. The summed E-state index contributed by atoms with van der Waals surface area (Å²) in [5.41, 5.74) is 0.512. The quantitative estimate of drug-likeness (QED) is 0.725. The van der Waals surface area contributed by atoms with Crippen molar-refractivity contribution in [1.29, 1.82) is 0 Å². The van der Waals surface area contributed by atoms with Crippen LogP contribution in [0, 0.1) is 10.8 Å². The Labute approximate surface area is 138 Å². The second kappa shape index (κ2) is 11.4. The molecule has 110 valence electrons. The summed E-state index contributed by atoms with van der Waals surface area (Å²) in [5.74, 6) is 0. The van der Waals surface area contributed by atoms with Gasteiger partial charge in [0.1, 0.15) is 0 Å². The Balaban J connectivity index is 0. The Bertz CT molecular complexity index is 299. The summed E-state index contributed by atoms with van der Waals surface area (Å²) in [4.78, 5) is 0. The van der Waals surface area contributed by atoms with E-state index < -0.39 is 0 Å². The molecule has 0 heterocycles. The van der Waals surface area contributed by atoms with Gasteiger partial charge in [-0.1, -0.05) is 0 Å². The van der Waals surface area contributed by atoms with E-state index in [0.717, 1.165) is 21.3 Å². The Morgan fingerprint density at radius 2 is 0.850 bits per heavy atom. The van der Waals surface area contributed by atoms with Gasteiger partial charge in [0, 0.05) is 0 Å². The molecule has 0 atom stereocenters. The summed E-state index contributed by atoms with van der Waals surface area (Å²) in [5, 5.41) is 24.8. The van der Waals surface area contributed by atoms with Gasteiger partial charge in [-0.3, -0.25) is 0 Å². The van der Waals surface area contributed by atoms with Gasteiger partial charge >= 0.3 is 102 Å². The minimum atomic E-state index is 0.256. The van der Waals surface area contributed by atoms with Gasteiger partial charge < -0.3 is 15.3 Å². The SMILES string of the molecule is CC1([CH]([Zr+3])C2(C)C=CC=C2)C=CC=C1.C[O-].C[O-].C[O-]. The first-order chi connectivity index (χ1) is 9.57. The first-order valence-corrected chi connectivity index (χ1v) is 7.66. The minimum Gasteiger partial charge on any atom is -0.857 e. The summed E-state index contributed by atoms with van der Waals surface area (Å²) in [6.45, 7) is 4.66. The minimum absolute atomic E-state index is 0.256. The smallest absolute Gasteiger partial charge is 0.153 e. The van der Waals surface area contributed by atoms with Crippen molar-refractivity contribution in [3.8, 4) is 0 Å². The predicted molar refractivity (Wildman–Crippen MR) is 74.3 cm³/mol. The van der Waals surface area contributed by atoms with Crippen LogP contribution >= 0.6 is 0 Å². The van der Waals surface area contributed by atoms with Crippen molar-refractivity contribution < 1.29 is 40.0 Å². The fraction of sp³-hybridized carbons (Fsp3) is 0.500. The Morgan fingerprint density at radius 1 is 0.650 bits per heavy atom. The fourth-order valence-corrected chi connectivity index (χ4v) is 3.16. The monoisotopic (exact) mass is 354 g/mol. The van der Waals surface area contributed by atoms with Crippen molar-refractivity contribution in [3.63, 3.8) is 0 Å². The fourth-order valence-electron chi connectivity index (χ4n) is 2.22. The molecular formula is C16H24O3Zr. The zero-order valence-electron chi connectivity index (χ0n) is 12.9. The second-order valence-corrected chi connectivity index (χ2v) is 6.02. The first kappa shape index (κ1) is 22.0. The van der Waals surface area contributed by atoms with Crippen molar-refractivity contribution in [1.82, 2.24) is 0 Å². The molecule has 0 saturated carbocycles. The summed E-state index contributed by atoms with van der Waals surface area (Å²) in [6, 6.07) is 0. The normalized spacial score (nSPS) is 18.8. The third-order valence-electron chi connectivity index (χ3n) is 3.29. The Hall–Kier alpha value is -0.277. The van der Waals surface area contributed by atoms with Crippen molar-refractivity contribution >= 4 is 0 Å². The summed E-state index contributed by atoms with van der Waals surface area (Å²) in [7, 11) is 2.25. The van der Waals surface area contributed by atoms with Crippen LogP contribution < -0.4 is 15.3 Å². The summed E-state index contributed by atoms with van der Waals surface area (Å²) < 4.78 is 0.687. The average Bonchev–Trinajstić information content (AvgIpc) is 3.15. The molecule has 3 nitrogen and oxygen atoms in total. The van der Waals surface area contributed by atoms with Crippen molar-refractivity contribution in [2.45, 2.75) is 17.5 Å².